The van der Waals surface area contributed by atoms with E-state index in [1.165, 1.54) is 0 Å². The van der Waals surface area contributed by atoms with Gasteiger partial charge in [-0.3, -0.25) is 5.10 Å². The van der Waals surface area contributed by atoms with Crippen molar-refractivity contribution in [3.63, 3.8) is 0 Å². The molecule has 0 saturated carbocycles. The lowest BCUT2D eigenvalue weighted by Gasteiger charge is -1.97. The first-order chi connectivity index (χ1) is 7.70. The van der Waals surface area contributed by atoms with Crippen molar-refractivity contribution in [2.75, 3.05) is 0 Å². The molecule has 0 unspecified atom stereocenters. The fourth-order valence-corrected chi connectivity index (χ4v) is 1.39. The van der Waals surface area contributed by atoms with Gasteiger partial charge in [0.2, 0.25) is 0 Å². The van der Waals surface area contributed by atoms with Gasteiger partial charge in [-0.2, -0.15) is 10.4 Å². The van der Waals surface area contributed by atoms with E-state index in [9.17, 15) is 0 Å². The maximum atomic E-state index is 8.64. The molecule has 80 valence electrons. The smallest absolute Gasteiger partial charge is 0.140 e. The minimum Gasteiger partial charge on any atom is -0.282 e. The van der Waals surface area contributed by atoms with Gasteiger partial charge < -0.3 is 0 Å². The number of aromatic amines is 1. The maximum Gasteiger partial charge on any atom is 0.140 e. The summed E-state index contributed by atoms with van der Waals surface area (Å²) in [6.07, 6.45) is 1.67. The van der Waals surface area contributed by atoms with E-state index in [-0.39, 0.29) is 0 Å². The van der Waals surface area contributed by atoms with Gasteiger partial charge in [0.1, 0.15) is 11.8 Å². The molecule has 0 amide bonds. The average molecular weight is 212 g/mol. The molecule has 0 atom stereocenters. The van der Waals surface area contributed by atoms with Crippen LogP contribution in [0.2, 0.25) is 0 Å². The Bertz CT molecular complexity index is 517. The summed E-state index contributed by atoms with van der Waals surface area (Å²) in [6, 6.07) is 7.54. The second-order valence-electron chi connectivity index (χ2n) is 3.91. The molecule has 1 N–H and O–H groups in total. The highest BCUT2D eigenvalue weighted by molar-refractivity contribution is 5.58. The van der Waals surface area contributed by atoms with Crippen LogP contribution in [0, 0.1) is 11.3 Å². The number of nitriles is 1. The van der Waals surface area contributed by atoms with Gasteiger partial charge in [0.15, 0.2) is 0 Å². The van der Waals surface area contributed by atoms with E-state index in [1.54, 1.807) is 12.3 Å². The van der Waals surface area contributed by atoms with Crippen LogP contribution in [0.15, 0.2) is 24.4 Å². The molecule has 0 saturated heterocycles. The molecule has 2 rings (SSSR count). The number of nitrogens with one attached hydrogen (secondary N) is 1. The van der Waals surface area contributed by atoms with Gasteiger partial charge in [0, 0.05) is 17.5 Å². The van der Waals surface area contributed by atoms with Gasteiger partial charge in [-0.1, -0.05) is 13.8 Å². The molecule has 4 nitrogen and oxygen atoms in total. The van der Waals surface area contributed by atoms with Crippen molar-refractivity contribution in [1.82, 2.24) is 15.2 Å². The summed E-state index contributed by atoms with van der Waals surface area (Å²) in [5.74, 6) is 0.424. The third-order valence-corrected chi connectivity index (χ3v) is 2.39. The number of rotatable bonds is 2. The zero-order valence-corrected chi connectivity index (χ0v) is 9.23. The fourth-order valence-electron chi connectivity index (χ4n) is 1.39. The lowest BCUT2D eigenvalue weighted by Crippen LogP contribution is -1.85. The number of pyridine rings is 1. The molecule has 0 aliphatic carbocycles. The second-order valence-corrected chi connectivity index (χ2v) is 3.91. The van der Waals surface area contributed by atoms with Gasteiger partial charge in [0.25, 0.3) is 0 Å². The zero-order valence-electron chi connectivity index (χ0n) is 9.23. The van der Waals surface area contributed by atoms with E-state index < -0.39 is 0 Å². The first-order valence-electron chi connectivity index (χ1n) is 5.12. The Balaban J connectivity index is 2.32. The average Bonchev–Trinajstić information content (AvgIpc) is 2.78. The summed E-state index contributed by atoms with van der Waals surface area (Å²) >= 11 is 0. The van der Waals surface area contributed by atoms with Crippen molar-refractivity contribution >= 4 is 0 Å². The number of hydrogen-bond donors (Lipinski definition) is 1. The molecule has 4 heteroatoms. The Hall–Kier alpha value is -2.15. The predicted molar refractivity (Wildman–Crippen MR) is 60.6 cm³/mol. The monoisotopic (exact) mass is 212 g/mol. The van der Waals surface area contributed by atoms with Gasteiger partial charge in [-0.15, -0.1) is 0 Å². The predicted octanol–water partition coefficient (Wildman–Crippen LogP) is 2.47. The Kier molecular flexibility index (Phi) is 2.69. The van der Waals surface area contributed by atoms with Crippen molar-refractivity contribution < 1.29 is 0 Å². The van der Waals surface area contributed by atoms with Crippen LogP contribution in [-0.4, -0.2) is 15.2 Å². The number of H-pyrrole nitrogens is 1. The van der Waals surface area contributed by atoms with Crippen molar-refractivity contribution in [1.29, 1.82) is 5.26 Å². The van der Waals surface area contributed by atoms with Crippen molar-refractivity contribution in [3.8, 4) is 17.3 Å². The number of nitrogens with zero attached hydrogens (tertiary/aromatic N) is 3. The van der Waals surface area contributed by atoms with Gasteiger partial charge in [-0.25, -0.2) is 4.98 Å². The summed E-state index contributed by atoms with van der Waals surface area (Å²) in [6.45, 7) is 4.21. The van der Waals surface area contributed by atoms with E-state index in [4.69, 9.17) is 5.26 Å². The molecule has 2 heterocycles. The largest absolute Gasteiger partial charge is 0.282 e. The van der Waals surface area contributed by atoms with Crippen LogP contribution in [0.1, 0.15) is 31.2 Å². The van der Waals surface area contributed by atoms with Crippen LogP contribution in [-0.2, 0) is 0 Å². The van der Waals surface area contributed by atoms with Gasteiger partial charge in [0.05, 0.1) is 5.69 Å². The zero-order chi connectivity index (χ0) is 11.5. The maximum absolute atomic E-state index is 8.64. The fraction of sp³-hybridized carbons (Fsp3) is 0.250. The molecule has 0 aliphatic rings. The van der Waals surface area contributed by atoms with Crippen LogP contribution in [0.25, 0.3) is 11.3 Å². The SMILES string of the molecule is CC(C)c1cc(-c2ccc(C#N)nc2)n[nH]1. The highest BCUT2D eigenvalue weighted by Crippen LogP contribution is 2.20. The first-order valence-corrected chi connectivity index (χ1v) is 5.12. The molecule has 0 spiro atoms. The van der Waals surface area contributed by atoms with E-state index in [1.807, 2.05) is 18.2 Å². The third kappa shape index (κ3) is 1.94. The van der Waals surface area contributed by atoms with E-state index in [0.717, 1.165) is 17.0 Å². The Morgan fingerprint density at radius 2 is 2.19 bits per heavy atom. The third-order valence-electron chi connectivity index (χ3n) is 2.39. The van der Waals surface area contributed by atoms with Crippen LogP contribution in [0.5, 0.6) is 0 Å². The van der Waals surface area contributed by atoms with Crippen LogP contribution in [0.3, 0.4) is 0 Å². The molecular weight excluding hydrogens is 200 g/mol. The molecule has 0 aliphatic heterocycles. The van der Waals surface area contributed by atoms with Crippen molar-refractivity contribution in [3.05, 3.63) is 35.8 Å². The Morgan fingerprint density at radius 3 is 2.69 bits per heavy atom. The highest BCUT2D eigenvalue weighted by Gasteiger charge is 2.06. The topological polar surface area (TPSA) is 65.4 Å². The van der Waals surface area contributed by atoms with Gasteiger partial charge >= 0.3 is 0 Å². The number of hydrogen-bond acceptors (Lipinski definition) is 3. The summed E-state index contributed by atoms with van der Waals surface area (Å²) < 4.78 is 0. The number of aromatic nitrogens is 3. The van der Waals surface area contributed by atoms with Crippen molar-refractivity contribution in [2.45, 2.75) is 19.8 Å². The molecule has 0 fully saturated rings. The minimum atomic E-state index is 0.420. The lowest BCUT2D eigenvalue weighted by molar-refractivity contribution is 0.811. The Labute approximate surface area is 94.0 Å². The standard InChI is InChI=1S/C12H12N4/c1-8(2)11-5-12(16-15-11)9-3-4-10(6-13)14-7-9/h3-5,7-8H,1-2H3,(H,15,16). The molecular formula is C12H12N4. The molecule has 0 radical (unpaired) electrons. The van der Waals surface area contributed by atoms with E-state index in [2.05, 4.69) is 29.0 Å². The van der Waals surface area contributed by atoms with Crippen LogP contribution < -0.4 is 0 Å². The summed E-state index contributed by atoms with van der Waals surface area (Å²) in [4.78, 5) is 4.01. The normalized spacial score (nSPS) is 10.4. The van der Waals surface area contributed by atoms with E-state index in [0.29, 0.717) is 11.6 Å². The molecule has 2 aromatic rings. The molecule has 0 aromatic carbocycles. The van der Waals surface area contributed by atoms with Crippen LogP contribution >= 0.6 is 0 Å². The van der Waals surface area contributed by atoms with Crippen molar-refractivity contribution in [2.24, 2.45) is 0 Å². The molecule has 2 aromatic heterocycles. The molecule has 0 bridgehead atoms. The lowest BCUT2D eigenvalue weighted by atomic mass is 10.1. The quantitative estimate of drug-likeness (QED) is 0.831. The minimum absolute atomic E-state index is 0.420. The Morgan fingerprint density at radius 1 is 1.38 bits per heavy atom. The first kappa shape index (κ1) is 10.4. The summed E-state index contributed by atoms with van der Waals surface area (Å²) in [5, 5.41) is 15.8. The van der Waals surface area contributed by atoms with Gasteiger partial charge in [-0.05, 0) is 24.1 Å². The van der Waals surface area contributed by atoms with Crippen LogP contribution in [0.4, 0.5) is 0 Å². The highest BCUT2D eigenvalue weighted by atomic mass is 15.1. The van der Waals surface area contributed by atoms with E-state index >= 15 is 0 Å². The molecule has 16 heavy (non-hydrogen) atoms. The second kappa shape index (κ2) is 4.15. The summed E-state index contributed by atoms with van der Waals surface area (Å²) in [5.41, 5.74) is 3.30. The summed E-state index contributed by atoms with van der Waals surface area (Å²) in [7, 11) is 0.